The van der Waals surface area contributed by atoms with Crippen LogP contribution < -0.4 is 11.5 Å². The summed E-state index contributed by atoms with van der Waals surface area (Å²) >= 11 is 0. The van der Waals surface area contributed by atoms with E-state index in [1.165, 1.54) is 18.2 Å². The van der Waals surface area contributed by atoms with Crippen molar-refractivity contribution < 1.29 is 0 Å². The fourth-order valence-electron chi connectivity index (χ4n) is 3.58. The number of nitrogens with two attached hydrogens (primary N) is 2. The first-order chi connectivity index (χ1) is 12.1. The van der Waals surface area contributed by atoms with E-state index < -0.39 is 0 Å². The number of rotatable bonds is 4. The Bertz CT molecular complexity index is 903. The maximum atomic E-state index is 7.79. The summed E-state index contributed by atoms with van der Waals surface area (Å²) in [6, 6.07) is 20.4. The molecule has 0 atom stereocenters. The van der Waals surface area contributed by atoms with Crippen LogP contribution in [0.5, 0.6) is 0 Å². The van der Waals surface area contributed by atoms with Crippen molar-refractivity contribution in [3.05, 3.63) is 71.9 Å². The lowest BCUT2D eigenvalue weighted by atomic mass is 9.73. The number of hydrogen-bond acceptors (Lipinski definition) is 3. The van der Waals surface area contributed by atoms with Gasteiger partial charge in [0.2, 0.25) is 0 Å². The van der Waals surface area contributed by atoms with Crippen molar-refractivity contribution in [2.24, 2.45) is 5.73 Å². The highest BCUT2D eigenvalue weighted by Gasteiger charge is 2.34. The fraction of sp³-hybridized carbons (Fsp3) is 0.190. The highest BCUT2D eigenvalue weighted by molar-refractivity contribution is 5.88. The smallest absolute Gasteiger partial charge is 0.0869 e. The molecule has 0 unspecified atom stereocenters. The molecule has 1 aromatic heterocycles. The van der Waals surface area contributed by atoms with Crippen LogP contribution in [0.2, 0.25) is 0 Å². The summed E-state index contributed by atoms with van der Waals surface area (Å²) in [6.45, 7) is 0. The molecule has 2 aromatic carbocycles. The summed E-state index contributed by atoms with van der Waals surface area (Å²) in [5.41, 5.74) is 17.9. The Morgan fingerprint density at radius 2 is 1.68 bits per heavy atom. The summed E-state index contributed by atoms with van der Waals surface area (Å²) in [5.74, 6) is 0. The van der Waals surface area contributed by atoms with Crippen LogP contribution in [-0.2, 0) is 5.54 Å². The van der Waals surface area contributed by atoms with Crippen LogP contribution >= 0.6 is 0 Å². The average molecular weight is 330 g/mol. The van der Waals surface area contributed by atoms with Crippen LogP contribution in [0, 0.1) is 5.41 Å². The quantitative estimate of drug-likeness (QED) is 0.631. The molecule has 4 rings (SSSR count). The zero-order valence-corrected chi connectivity index (χ0v) is 14.1. The fourth-order valence-corrected chi connectivity index (χ4v) is 3.58. The molecule has 1 aliphatic rings. The number of aromatic nitrogens is 1. The Morgan fingerprint density at radius 1 is 1.00 bits per heavy atom. The molecule has 3 aromatic rings. The predicted octanol–water partition coefficient (Wildman–Crippen LogP) is 4.06. The zero-order valence-electron chi connectivity index (χ0n) is 14.1. The lowest BCUT2D eigenvalue weighted by Crippen LogP contribution is -2.43. The molecule has 0 bridgehead atoms. The van der Waals surface area contributed by atoms with E-state index in [9.17, 15) is 0 Å². The monoisotopic (exact) mass is 330 g/mol. The van der Waals surface area contributed by atoms with Gasteiger partial charge < -0.3 is 21.4 Å². The summed E-state index contributed by atoms with van der Waals surface area (Å²) in [6.07, 6.45) is 4.60. The van der Waals surface area contributed by atoms with Crippen molar-refractivity contribution in [2.75, 3.05) is 5.73 Å². The molecular formula is C21H22N4. The van der Waals surface area contributed by atoms with E-state index in [1.54, 1.807) is 0 Å². The average Bonchev–Trinajstić information content (AvgIpc) is 2.97. The van der Waals surface area contributed by atoms with E-state index in [1.807, 2.05) is 28.8 Å². The highest BCUT2D eigenvalue weighted by Crippen LogP contribution is 2.39. The van der Waals surface area contributed by atoms with Gasteiger partial charge in [0.1, 0.15) is 0 Å². The molecule has 0 amide bonds. The number of benzene rings is 2. The number of nitrogens with one attached hydrogen (secondary N) is 1. The van der Waals surface area contributed by atoms with Gasteiger partial charge >= 0.3 is 0 Å². The van der Waals surface area contributed by atoms with E-state index in [0.717, 1.165) is 29.8 Å². The molecule has 0 aliphatic heterocycles. The first kappa shape index (κ1) is 15.7. The standard InChI is InChI=1S/C21H22N4/c22-14-20-18(23)13-19(15-5-2-1-3-6-15)25(20)17-9-7-16(8-10-17)21(24)11-4-12-21/h1-3,5-10,13-14,22H,4,11-12,23-24H2. The minimum Gasteiger partial charge on any atom is -0.397 e. The second kappa shape index (κ2) is 5.90. The van der Waals surface area contributed by atoms with Gasteiger partial charge in [-0.25, -0.2) is 0 Å². The number of nitrogen functional groups attached to an aromatic ring is 1. The van der Waals surface area contributed by atoms with Gasteiger partial charge in [-0.1, -0.05) is 42.5 Å². The SMILES string of the molecule is N=Cc1c(N)cc(-c2ccccc2)n1-c1ccc(C2(N)CCC2)cc1. The summed E-state index contributed by atoms with van der Waals surface area (Å²) in [7, 11) is 0. The number of anilines is 1. The molecule has 0 saturated heterocycles. The number of nitrogens with zero attached hydrogens (tertiary/aromatic N) is 1. The maximum absolute atomic E-state index is 7.79. The summed E-state index contributed by atoms with van der Waals surface area (Å²) in [4.78, 5) is 0. The molecule has 0 spiro atoms. The summed E-state index contributed by atoms with van der Waals surface area (Å²) < 4.78 is 2.03. The largest absolute Gasteiger partial charge is 0.397 e. The van der Waals surface area contributed by atoms with E-state index in [-0.39, 0.29) is 5.54 Å². The first-order valence-electron chi connectivity index (χ1n) is 8.59. The van der Waals surface area contributed by atoms with E-state index in [2.05, 4.69) is 36.4 Å². The maximum Gasteiger partial charge on any atom is 0.0869 e. The van der Waals surface area contributed by atoms with Gasteiger partial charge in [0.25, 0.3) is 0 Å². The second-order valence-electron chi connectivity index (χ2n) is 6.77. The Kier molecular flexibility index (Phi) is 3.70. The van der Waals surface area contributed by atoms with E-state index >= 15 is 0 Å². The Hall–Kier alpha value is -2.85. The van der Waals surface area contributed by atoms with Crippen molar-refractivity contribution in [1.29, 1.82) is 5.41 Å². The topological polar surface area (TPSA) is 80.8 Å². The van der Waals surface area contributed by atoms with Crippen molar-refractivity contribution in [3.63, 3.8) is 0 Å². The zero-order chi connectivity index (χ0) is 17.4. The van der Waals surface area contributed by atoms with E-state index in [0.29, 0.717) is 11.4 Å². The first-order valence-corrected chi connectivity index (χ1v) is 8.59. The lowest BCUT2D eigenvalue weighted by molar-refractivity contribution is 0.253. The molecule has 1 fully saturated rings. The van der Waals surface area contributed by atoms with Crippen molar-refractivity contribution in [2.45, 2.75) is 24.8 Å². The van der Waals surface area contributed by atoms with Crippen LogP contribution in [0.15, 0.2) is 60.7 Å². The highest BCUT2D eigenvalue weighted by atomic mass is 15.0. The second-order valence-corrected chi connectivity index (χ2v) is 6.77. The molecule has 1 aliphatic carbocycles. The molecule has 1 heterocycles. The van der Waals surface area contributed by atoms with Gasteiger partial charge in [-0.2, -0.15) is 0 Å². The van der Waals surface area contributed by atoms with Gasteiger partial charge in [0.05, 0.1) is 17.1 Å². The van der Waals surface area contributed by atoms with Crippen LogP contribution in [-0.4, -0.2) is 10.8 Å². The normalized spacial score (nSPS) is 15.6. The minimum absolute atomic E-state index is 0.166. The van der Waals surface area contributed by atoms with Gasteiger partial charge in [0.15, 0.2) is 0 Å². The van der Waals surface area contributed by atoms with Crippen molar-refractivity contribution in [3.8, 4) is 16.9 Å². The van der Waals surface area contributed by atoms with Gasteiger partial charge in [-0.3, -0.25) is 0 Å². The molecule has 4 nitrogen and oxygen atoms in total. The molecule has 126 valence electrons. The third-order valence-corrected chi connectivity index (χ3v) is 5.22. The Balaban J connectivity index is 1.83. The molecule has 4 heteroatoms. The number of hydrogen-bond donors (Lipinski definition) is 3. The van der Waals surface area contributed by atoms with Crippen LogP contribution in [0.3, 0.4) is 0 Å². The predicted molar refractivity (Wildman–Crippen MR) is 103 cm³/mol. The molecule has 5 N–H and O–H groups in total. The third kappa shape index (κ3) is 2.55. The van der Waals surface area contributed by atoms with Crippen molar-refractivity contribution in [1.82, 2.24) is 4.57 Å². The molecule has 25 heavy (non-hydrogen) atoms. The van der Waals surface area contributed by atoms with Gasteiger partial charge in [0, 0.05) is 17.4 Å². The molecule has 1 saturated carbocycles. The van der Waals surface area contributed by atoms with Crippen molar-refractivity contribution >= 4 is 11.9 Å². The Labute approximate surface area is 147 Å². The molecular weight excluding hydrogens is 308 g/mol. The third-order valence-electron chi connectivity index (χ3n) is 5.22. The van der Waals surface area contributed by atoms with Crippen LogP contribution in [0.25, 0.3) is 16.9 Å². The summed E-state index contributed by atoms with van der Waals surface area (Å²) in [5, 5.41) is 7.79. The van der Waals surface area contributed by atoms with Crippen LogP contribution in [0.1, 0.15) is 30.5 Å². The van der Waals surface area contributed by atoms with Gasteiger partial charge in [-0.15, -0.1) is 0 Å². The van der Waals surface area contributed by atoms with Gasteiger partial charge in [-0.05, 0) is 48.6 Å². The minimum atomic E-state index is -0.166. The Morgan fingerprint density at radius 3 is 2.24 bits per heavy atom. The lowest BCUT2D eigenvalue weighted by Gasteiger charge is -2.38. The van der Waals surface area contributed by atoms with E-state index in [4.69, 9.17) is 16.9 Å². The van der Waals surface area contributed by atoms with Crippen LogP contribution in [0.4, 0.5) is 5.69 Å². The molecule has 0 radical (unpaired) electrons.